The molecule has 2 aromatic carbocycles. The number of amides is 1. The van der Waals surface area contributed by atoms with Crippen LogP contribution in [0.3, 0.4) is 0 Å². The van der Waals surface area contributed by atoms with Crippen molar-refractivity contribution >= 4 is 16.9 Å². The number of aromatic nitrogens is 5. The number of carbonyl (C=O) groups is 1. The van der Waals surface area contributed by atoms with Gasteiger partial charge in [-0.1, -0.05) is 0 Å². The molecule has 0 atom stereocenters. The summed E-state index contributed by atoms with van der Waals surface area (Å²) in [5.41, 5.74) is 2.58. The van der Waals surface area contributed by atoms with Crippen LogP contribution in [0, 0.1) is 11.6 Å². The van der Waals surface area contributed by atoms with Gasteiger partial charge in [-0.3, -0.25) is 4.79 Å². The second-order valence-electron chi connectivity index (χ2n) is 8.46. The summed E-state index contributed by atoms with van der Waals surface area (Å²) in [6.45, 7) is 2.63. The van der Waals surface area contributed by atoms with Crippen molar-refractivity contribution in [3.05, 3.63) is 90.1 Å². The minimum absolute atomic E-state index is 0.130. The third kappa shape index (κ3) is 5.49. The highest BCUT2D eigenvalue weighted by atomic mass is 19.1. The average molecular weight is 515 g/mol. The zero-order chi connectivity index (χ0) is 26.5. The zero-order valence-electron chi connectivity index (χ0n) is 20.5. The molecule has 0 saturated heterocycles. The van der Waals surface area contributed by atoms with Crippen molar-refractivity contribution in [2.75, 3.05) is 13.2 Å². The number of hydrogen-bond donors (Lipinski definition) is 2. The largest absolute Gasteiger partial charge is 0.478 e. The highest BCUT2D eigenvalue weighted by Crippen LogP contribution is 2.34. The molecule has 0 bridgehead atoms. The van der Waals surface area contributed by atoms with Gasteiger partial charge in [-0.25, -0.2) is 28.7 Å². The second-order valence-corrected chi connectivity index (χ2v) is 8.46. The molecule has 38 heavy (non-hydrogen) atoms. The first-order valence-corrected chi connectivity index (χ1v) is 12.1. The number of aromatic amines is 1. The molecule has 2 N–H and O–H groups in total. The van der Waals surface area contributed by atoms with Gasteiger partial charge in [0.05, 0.1) is 29.5 Å². The highest BCUT2D eigenvalue weighted by Gasteiger charge is 2.19. The average Bonchev–Trinajstić information content (AvgIpc) is 3.45. The van der Waals surface area contributed by atoms with E-state index in [4.69, 9.17) is 14.7 Å². The van der Waals surface area contributed by atoms with Gasteiger partial charge in [-0.15, -0.1) is 0 Å². The van der Waals surface area contributed by atoms with E-state index in [1.165, 1.54) is 18.2 Å². The molecule has 3 aromatic heterocycles. The Morgan fingerprint density at radius 2 is 1.82 bits per heavy atom. The number of imidazole rings is 1. The van der Waals surface area contributed by atoms with E-state index < -0.39 is 11.6 Å². The van der Waals surface area contributed by atoms with Crippen LogP contribution in [-0.4, -0.2) is 44.0 Å². The van der Waals surface area contributed by atoms with E-state index in [0.717, 1.165) is 18.4 Å². The number of pyridine rings is 1. The molecule has 5 aromatic rings. The molecule has 0 spiro atoms. The Morgan fingerprint density at radius 1 is 1.00 bits per heavy atom. The summed E-state index contributed by atoms with van der Waals surface area (Å²) in [6.07, 6.45) is 5.95. The van der Waals surface area contributed by atoms with E-state index in [-0.39, 0.29) is 23.0 Å². The number of hydrogen-bond acceptors (Lipinski definition) is 6. The number of benzene rings is 2. The number of aryl methyl sites for hydroxylation is 1. The maximum Gasteiger partial charge on any atom is 0.251 e. The molecule has 3 heterocycles. The lowest BCUT2D eigenvalue weighted by Gasteiger charge is -2.13. The van der Waals surface area contributed by atoms with Crippen molar-refractivity contribution in [3.8, 4) is 28.4 Å². The van der Waals surface area contributed by atoms with Crippen molar-refractivity contribution in [1.29, 1.82) is 0 Å². The minimum atomic E-state index is -0.615. The number of nitrogens with one attached hydrogen (secondary N) is 2. The topological polar surface area (TPSA) is 106 Å². The van der Waals surface area contributed by atoms with Crippen molar-refractivity contribution in [2.24, 2.45) is 0 Å². The number of fused-ring (bicyclic) bond motifs is 1. The molecule has 0 saturated carbocycles. The summed E-state index contributed by atoms with van der Waals surface area (Å²) in [6, 6.07) is 12.1. The lowest BCUT2D eigenvalue weighted by Crippen LogP contribution is -2.24. The van der Waals surface area contributed by atoms with E-state index in [2.05, 4.69) is 20.3 Å². The number of rotatable bonds is 9. The standard InChI is InChI=1S/C28H24F2N6O2/c1-2-38-25-15-20(21(30)16-34-25)27-26(17-5-8-19(29)9-6-17)35-22-10-7-18(14-23(22)36-27)28(37)33-11-3-4-24-31-12-13-32-24/h5-10,12-16H,2-4,11H2,1H3,(H,31,32)(H,33,37). The summed E-state index contributed by atoms with van der Waals surface area (Å²) < 4.78 is 34.1. The number of ether oxygens (including phenoxy) is 1. The van der Waals surface area contributed by atoms with E-state index >= 15 is 4.39 Å². The molecule has 0 unspecified atom stereocenters. The molecule has 1 amide bonds. The first-order chi connectivity index (χ1) is 18.5. The Balaban J connectivity index is 1.50. The molecule has 5 rings (SSSR count). The van der Waals surface area contributed by atoms with Crippen LogP contribution in [-0.2, 0) is 6.42 Å². The summed E-state index contributed by atoms with van der Waals surface area (Å²) in [4.78, 5) is 33.4. The summed E-state index contributed by atoms with van der Waals surface area (Å²) in [7, 11) is 0. The number of nitrogens with zero attached hydrogens (tertiary/aromatic N) is 4. The summed E-state index contributed by atoms with van der Waals surface area (Å²) >= 11 is 0. The van der Waals surface area contributed by atoms with Gasteiger partial charge in [0.1, 0.15) is 17.3 Å². The van der Waals surface area contributed by atoms with Gasteiger partial charge >= 0.3 is 0 Å². The van der Waals surface area contributed by atoms with Crippen molar-refractivity contribution in [1.82, 2.24) is 30.2 Å². The Kier molecular flexibility index (Phi) is 7.30. The number of H-pyrrole nitrogens is 1. The molecule has 0 aliphatic rings. The van der Waals surface area contributed by atoms with Gasteiger partial charge in [0, 0.05) is 48.1 Å². The van der Waals surface area contributed by atoms with Crippen LogP contribution in [0.1, 0.15) is 29.5 Å². The van der Waals surface area contributed by atoms with E-state index in [9.17, 15) is 9.18 Å². The quantitative estimate of drug-likeness (QED) is 0.265. The SMILES string of the molecule is CCOc1cc(-c2nc3cc(C(=O)NCCCc4ncc[nH]4)ccc3nc2-c2ccc(F)cc2)c(F)cn1. The normalized spacial score (nSPS) is 11.0. The molecular formula is C28H24F2N6O2. The number of carbonyl (C=O) groups excluding carboxylic acids is 1. The molecular weight excluding hydrogens is 490 g/mol. The number of halogens is 2. The van der Waals surface area contributed by atoms with Gasteiger partial charge in [0.2, 0.25) is 5.88 Å². The maximum atomic E-state index is 15.0. The second kappa shape index (κ2) is 11.1. The fourth-order valence-corrected chi connectivity index (χ4v) is 4.01. The Hall–Kier alpha value is -4.73. The van der Waals surface area contributed by atoms with E-state index in [1.807, 2.05) is 0 Å². The summed E-state index contributed by atoms with van der Waals surface area (Å²) in [5.74, 6) is -0.182. The van der Waals surface area contributed by atoms with Crippen LogP contribution >= 0.6 is 0 Å². The van der Waals surface area contributed by atoms with Crippen LogP contribution in [0.15, 0.2) is 67.1 Å². The lowest BCUT2D eigenvalue weighted by molar-refractivity contribution is 0.0953. The molecule has 0 radical (unpaired) electrons. The smallest absolute Gasteiger partial charge is 0.251 e. The molecule has 8 nitrogen and oxygen atoms in total. The maximum absolute atomic E-state index is 15.0. The molecule has 10 heteroatoms. The van der Waals surface area contributed by atoms with Gasteiger partial charge in [0.15, 0.2) is 5.82 Å². The van der Waals surface area contributed by atoms with Crippen LogP contribution < -0.4 is 10.1 Å². The first-order valence-electron chi connectivity index (χ1n) is 12.1. The van der Waals surface area contributed by atoms with Gasteiger partial charge in [0.25, 0.3) is 5.91 Å². The third-order valence-corrected chi connectivity index (χ3v) is 5.85. The van der Waals surface area contributed by atoms with Crippen molar-refractivity contribution in [2.45, 2.75) is 19.8 Å². The molecule has 192 valence electrons. The van der Waals surface area contributed by atoms with Crippen molar-refractivity contribution in [3.63, 3.8) is 0 Å². The van der Waals surface area contributed by atoms with E-state index in [1.54, 1.807) is 49.6 Å². The lowest BCUT2D eigenvalue weighted by atomic mass is 10.0. The first kappa shape index (κ1) is 24.9. The predicted octanol–water partition coefficient (Wildman–Crippen LogP) is 5.12. The fourth-order valence-electron chi connectivity index (χ4n) is 4.01. The van der Waals surface area contributed by atoms with E-state index in [0.29, 0.717) is 47.4 Å². The van der Waals surface area contributed by atoms with Crippen LogP contribution in [0.25, 0.3) is 33.5 Å². The predicted molar refractivity (Wildman–Crippen MR) is 139 cm³/mol. The Labute approximate surface area is 217 Å². The fraction of sp³-hybridized carbons (Fsp3) is 0.179. The summed E-state index contributed by atoms with van der Waals surface area (Å²) in [5, 5.41) is 2.90. The monoisotopic (exact) mass is 514 g/mol. The molecule has 0 aliphatic carbocycles. The highest BCUT2D eigenvalue weighted by molar-refractivity contribution is 5.98. The zero-order valence-corrected chi connectivity index (χ0v) is 20.5. The molecule has 0 fully saturated rings. The van der Waals surface area contributed by atoms with Crippen LogP contribution in [0.5, 0.6) is 5.88 Å². The minimum Gasteiger partial charge on any atom is -0.478 e. The Bertz CT molecular complexity index is 1570. The Morgan fingerprint density at radius 3 is 2.58 bits per heavy atom. The van der Waals surface area contributed by atoms with Gasteiger partial charge < -0.3 is 15.0 Å². The van der Waals surface area contributed by atoms with Crippen LogP contribution in [0.4, 0.5) is 8.78 Å². The third-order valence-electron chi connectivity index (χ3n) is 5.85. The van der Waals surface area contributed by atoms with Crippen molar-refractivity contribution < 1.29 is 18.3 Å². The van der Waals surface area contributed by atoms with Gasteiger partial charge in [-0.2, -0.15) is 0 Å². The molecule has 0 aliphatic heterocycles. The van der Waals surface area contributed by atoms with Gasteiger partial charge in [-0.05, 0) is 55.8 Å². The van der Waals surface area contributed by atoms with Crippen LogP contribution in [0.2, 0.25) is 0 Å².